The van der Waals surface area contributed by atoms with Gasteiger partial charge in [-0.3, -0.25) is 9.59 Å². The van der Waals surface area contributed by atoms with Gasteiger partial charge in [0.1, 0.15) is 6.54 Å². The molecule has 0 radical (unpaired) electrons. The summed E-state index contributed by atoms with van der Waals surface area (Å²) in [7, 11) is 0. The summed E-state index contributed by atoms with van der Waals surface area (Å²) < 4.78 is 0.905. The van der Waals surface area contributed by atoms with Crippen LogP contribution in [-0.2, 0) is 4.79 Å². The third-order valence-electron chi connectivity index (χ3n) is 5.04. The Kier molecular flexibility index (Phi) is 5.08. The predicted molar refractivity (Wildman–Crippen MR) is 116 cm³/mol. The van der Waals surface area contributed by atoms with E-state index in [0.717, 1.165) is 31.7 Å². The fourth-order valence-electron chi connectivity index (χ4n) is 3.46. The van der Waals surface area contributed by atoms with Crippen LogP contribution >= 0.6 is 27.3 Å². The van der Waals surface area contributed by atoms with Gasteiger partial charge in [0.2, 0.25) is 5.91 Å². The van der Waals surface area contributed by atoms with Crippen molar-refractivity contribution in [1.82, 2.24) is 4.90 Å². The lowest BCUT2D eigenvalue weighted by molar-refractivity contribution is -0.117. The number of halogens is 1. The molecule has 0 saturated heterocycles. The molecule has 2 aromatic carbocycles. The number of anilines is 1. The third kappa shape index (κ3) is 3.50. The van der Waals surface area contributed by atoms with Gasteiger partial charge in [0.05, 0.1) is 6.04 Å². The van der Waals surface area contributed by atoms with E-state index in [1.54, 1.807) is 16.2 Å². The van der Waals surface area contributed by atoms with Gasteiger partial charge in [-0.15, -0.1) is 11.3 Å². The van der Waals surface area contributed by atoms with Crippen LogP contribution in [0.15, 0.2) is 58.4 Å². The number of benzene rings is 2. The fraction of sp³-hybridized carbons (Fsp3) is 0.182. The van der Waals surface area contributed by atoms with Crippen molar-refractivity contribution >= 4 is 44.8 Å². The van der Waals surface area contributed by atoms with E-state index in [4.69, 9.17) is 0 Å². The Labute approximate surface area is 176 Å². The maximum atomic E-state index is 13.5. The number of rotatable bonds is 2. The van der Waals surface area contributed by atoms with Crippen LogP contribution < -0.4 is 5.32 Å². The van der Waals surface area contributed by atoms with Crippen molar-refractivity contribution in [3.8, 4) is 0 Å². The highest BCUT2D eigenvalue weighted by Crippen LogP contribution is 2.39. The normalized spacial score (nSPS) is 16.3. The summed E-state index contributed by atoms with van der Waals surface area (Å²) in [6.07, 6.45) is 0. The van der Waals surface area contributed by atoms with E-state index in [1.165, 1.54) is 0 Å². The van der Waals surface area contributed by atoms with Gasteiger partial charge in [-0.1, -0.05) is 28.1 Å². The van der Waals surface area contributed by atoms with Gasteiger partial charge in [-0.2, -0.15) is 0 Å². The maximum Gasteiger partial charge on any atom is 0.255 e. The second kappa shape index (κ2) is 7.53. The molecule has 1 aromatic heterocycles. The van der Waals surface area contributed by atoms with Crippen molar-refractivity contribution in [2.24, 2.45) is 0 Å². The van der Waals surface area contributed by atoms with E-state index in [9.17, 15) is 9.59 Å². The van der Waals surface area contributed by atoms with Gasteiger partial charge in [0.25, 0.3) is 5.91 Å². The summed E-state index contributed by atoms with van der Waals surface area (Å²) in [5.74, 6) is -0.343. The lowest BCUT2D eigenvalue weighted by Crippen LogP contribution is -2.38. The molecule has 1 atom stereocenters. The molecule has 4 rings (SSSR count). The molecule has 3 aromatic rings. The first kappa shape index (κ1) is 18.9. The van der Waals surface area contributed by atoms with Gasteiger partial charge in [-0.25, -0.2) is 0 Å². The topological polar surface area (TPSA) is 49.4 Å². The van der Waals surface area contributed by atoms with Gasteiger partial charge >= 0.3 is 0 Å². The minimum absolute atomic E-state index is 0.000618. The van der Waals surface area contributed by atoms with Crippen LogP contribution in [0.3, 0.4) is 0 Å². The highest BCUT2D eigenvalue weighted by Gasteiger charge is 2.34. The van der Waals surface area contributed by atoms with Crippen molar-refractivity contribution in [2.45, 2.75) is 19.9 Å². The Morgan fingerprint density at radius 3 is 2.68 bits per heavy atom. The molecule has 0 aliphatic carbocycles. The molecule has 2 heterocycles. The number of carbonyl (C=O) groups excluding carboxylic acids is 2. The summed E-state index contributed by atoms with van der Waals surface area (Å²) >= 11 is 5.11. The lowest BCUT2D eigenvalue weighted by Gasteiger charge is -2.30. The predicted octanol–water partition coefficient (Wildman–Crippen LogP) is 5.31. The molecule has 142 valence electrons. The van der Waals surface area contributed by atoms with Crippen molar-refractivity contribution in [3.63, 3.8) is 0 Å². The Balaban J connectivity index is 1.87. The number of amides is 2. The third-order valence-corrected chi connectivity index (χ3v) is 6.45. The first-order valence-corrected chi connectivity index (χ1v) is 10.6. The number of hydrogen-bond donors (Lipinski definition) is 1. The van der Waals surface area contributed by atoms with E-state index in [2.05, 4.69) is 21.2 Å². The summed E-state index contributed by atoms with van der Waals surface area (Å²) in [5, 5.41) is 4.94. The van der Waals surface area contributed by atoms with Crippen LogP contribution in [0.5, 0.6) is 0 Å². The Hall–Kier alpha value is -2.44. The quantitative estimate of drug-likeness (QED) is 0.569. The largest absolute Gasteiger partial charge is 0.324 e. The smallest absolute Gasteiger partial charge is 0.255 e. The minimum Gasteiger partial charge on any atom is -0.324 e. The molecule has 6 heteroatoms. The molecular formula is C22H19BrN2O2S. The maximum absolute atomic E-state index is 13.5. The molecule has 0 fully saturated rings. The zero-order valence-corrected chi connectivity index (χ0v) is 17.9. The molecule has 0 spiro atoms. The van der Waals surface area contributed by atoms with Gasteiger partial charge in [0, 0.05) is 26.2 Å². The molecule has 4 nitrogen and oxygen atoms in total. The van der Waals surface area contributed by atoms with Crippen LogP contribution in [0.2, 0.25) is 0 Å². The molecule has 28 heavy (non-hydrogen) atoms. The van der Waals surface area contributed by atoms with E-state index in [0.29, 0.717) is 5.56 Å². The van der Waals surface area contributed by atoms with Crippen LogP contribution in [-0.4, -0.2) is 23.3 Å². The average Bonchev–Trinajstić information content (AvgIpc) is 3.14. The molecule has 0 bridgehead atoms. The SMILES string of the molecule is Cc1ccc(C(=O)N2CC(=O)Nc3ccc(Br)cc3C2c2cccs2)cc1C. The van der Waals surface area contributed by atoms with Crippen molar-refractivity contribution in [3.05, 3.63) is 85.5 Å². The van der Waals surface area contributed by atoms with Crippen LogP contribution in [0.25, 0.3) is 0 Å². The van der Waals surface area contributed by atoms with Crippen LogP contribution in [0, 0.1) is 13.8 Å². The van der Waals surface area contributed by atoms with Crippen LogP contribution in [0.1, 0.15) is 38.0 Å². The molecular weight excluding hydrogens is 436 g/mol. The summed E-state index contributed by atoms with van der Waals surface area (Å²) in [6.45, 7) is 4.01. The minimum atomic E-state index is -0.333. The number of fused-ring (bicyclic) bond motifs is 1. The van der Waals surface area contributed by atoms with Crippen molar-refractivity contribution in [1.29, 1.82) is 0 Å². The average molecular weight is 455 g/mol. The van der Waals surface area contributed by atoms with Crippen LogP contribution in [0.4, 0.5) is 5.69 Å². The first-order valence-electron chi connectivity index (χ1n) is 8.95. The molecule has 1 aliphatic rings. The molecule has 2 amide bonds. The number of nitrogens with one attached hydrogen (secondary N) is 1. The molecule has 1 unspecified atom stereocenters. The second-order valence-electron chi connectivity index (χ2n) is 6.93. The van der Waals surface area contributed by atoms with Crippen molar-refractivity contribution in [2.75, 3.05) is 11.9 Å². The van der Waals surface area contributed by atoms with Gasteiger partial charge in [-0.05, 0) is 66.8 Å². The van der Waals surface area contributed by atoms with E-state index >= 15 is 0 Å². The Morgan fingerprint density at radius 1 is 1.14 bits per heavy atom. The number of aryl methyl sites for hydroxylation is 2. The Morgan fingerprint density at radius 2 is 1.96 bits per heavy atom. The monoisotopic (exact) mass is 454 g/mol. The van der Waals surface area contributed by atoms with E-state index < -0.39 is 0 Å². The first-order chi connectivity index (χ1) is 13.4. The zero-order chi connectivity index (χ0) is 19.8. The summed E-state index contributed by atoms with van der Waals surface area (Å²) in [6, 6.07) is 15.1. The highest BCUT2D eigenvalue weighted by atomic mass is 79.9. The van der Waals surface area contributed by atoms with Gasteiger partial charge < -0.3 is 10.2 Å². The summed E-state index contributed by atoms with van der Waals surface area (Å²) in [4.78, 5) is 28.8. The number of hydrogen-bond acceptors (Lipinski definition) is 3. The van der Waals surface area contributed by atoms with E-state index in [1.807, 2.05) is 67.8 Å². The molecule has 1 N–H and O–H groups in total. The molecule has 0 saturated carbocycles. The highest BCUT2D eigenvalue weighted by molar-refractivity contribution is 9.10. The number of thiophene rings is 1. The lowest BCUT2D eigenvalue weighted by atomic mass is 10.00. The summed E-state index contributed by atoms with van der Waals surface area (Å²) in [5.41, 5.74) is 4.42. The standard InChI is InChI=1S/C22H19BrN2O2S/c1-13-5-6-15(10-14(13)2)22(27)25-12-20(26)24-18-8-7-16(23)11-17(18)21(25)19-4-3-9-28-19/h3-11,21H,12H2,1-2H3,(H,24,26). The second-order valence-corrected chi connectivity index (χ2v) is 8.82. The van der Waals surface area contributed by atoms with Gasteiger partial charge in [0.15, 0.2) is 0 Å². The fourth-order valence-corrected chi connectivity index (χ4v) is 4.69. The zero-order valence-electron chi connectivity index (χ0n) is 15.5. The molecule has 1 aliphatic heterocycles. The Bertz CT molecular complexity index is 1060. The van der Waals surface area contributed by atoms with Crippen molar-refractivity contribution < 1.29 is 9.59 Å². The number of carbonyl (C=O) groups is 2. The number of nitrogens with zero attached hydrogens (tertiary/aromatic N) is 1. The van der Waals surface area contributed by atoms with E-state index in [-0.39, 0.29) is 24.4 Å².